The number of carbonyl (C=O) groups is 4. The standard InChI is InChI=1S/C45H44N2O8S/c1-44(2,3)55-43(52)46-38(40(48)49)28-53-41(50)39(47-42(51)54-27-37-35-25-15-13-23-33(35)34-24-14-16-26-36(34)37)29-56-45(30-17-7-4-8-18-30,31-19-9-5-10-20-31)32-21-11-6-12-22-32/h4-26,37-39H,27-29H2,1-3H3,(H,46,52)(H,47,51)(H,48,49)/t38-,39-/m0/s1. The summed E-state index contributed by atoms with van der Waals surface area (Å²) in [4.78, 5) is 52.2. The molecule has 5 aromatic rings. The Morgan fingerprint density at radius 2 is 1.07 bits per heavy atom. The number of hydrogen-bond donors (Lipinski definition) is 3. The van der Waals surface area contributed by atoms with E-state index in [9.17, 15) is 24.3 Å². The summed E-state index contributed by atoms with van der Waals surface area (Å²) in [6.07, 6.45) is -1.83. The first-order valence-electron chi connectivity index (χ1n) is 18.3. The lowest BCUT2D eigenvalue weighted by molar-refractivity contribution is -0.150. The molecule has 56 heavy (non-hydrogen) atoms. The lowest BCUT2D eigenvalue weighted by Gasteiger charge is -2.36. The van der Waals surface area contributed by atoms with Crippen LogP contribution >= 0.6 is 11.8 Å². The molecule has 0 saturated carbocycles. The highest BCUT2D eigenvalue weighted by Gasteiger charge is 2.39. The van der Waals surface area contributed by atoms with Gasteiger partial charge in [-0.1, -0.05) is 140 Å². The number of ether oxygens (including phenoxy) is 3. The molecule has 11 heteroatoms. The second-order valence-electron chi connectivity index (χ2n) is 14.3. The monoisotopic (exact) mass is 772 g/mol. The van der Waals surface area contributed by atoms with E-state index in [1.165, 1.54) is 11.8 Å². The van der Waals surface area contributed by atoms with Crippen LogP contribution < -0.4 is 10.6 Å². The fourth-order valence-corrected chi connectivity index (χ4v) is 8.36. The van der Waals surface area contributed by atoms with Gasteiger partial charge in [-0.25, -0.2) is 19.2 Å². The van der Waals surface area contributed by atoms with Crippen molar-refractivity contribution in [2.45, 2.75) is 49.1 Å². The number of fused-ring (bicyclic) bond motifs is 3. The summed E-state index contributed by atoms with van der Waals surface area (Å²) in [5, 5.41) is 14.8. The number of esters is 1. The van der Waals surface area contributed by atoms with E-state index in [0.717, 1.165) is 38.9 Å². The zero-order valence-corrected chi connectivity index (χ0v) is 32.2. The molecule has 3 N–H and O–H groups in total. The van der Waals surface area contributed by atoms with Gasteiger partial charge in [0.15, 0.2) is 6.04 Å². The number of benzene rings is 5. The number of amides is 2. The minimum atomic E-state index is -1.62. The lowest BCUT2D eigenvalue weighted by atomic mass is 9.84. The van der Waals surface area contributed by atoms with Crippen molar-refractivity contribution in [3.8, 4) is 11.1 Å². The molecular weight excluding hydrogens is 729 g/mol. The van der Waals surface area contributed by atoms with Crippen molar-refractivity contribution < 1.29 is 38.5 Å². The molecule has 0 saturated heterocycles. The number of aliphatic carboxylic acids is 1. The number of nitrogens with one attached hydrogen (secondary N) is 2. The van der Waals surface area contributed by atoms with Gasteiger partial charge in [-0.15, -0.1) is 11.8 Å². The lowest BCUT2D eigenvalue weighted by Crippen LogP contribution is -2.49. The SMILES string of the molecule is CC(C)(C)OC(=O)N[C@@H](COC(=O)[C@H](CSC(c1ccccc1)(c1ccccc1)c1ccccc1)NC(=O)OCC1c2ccccc2-c2ccccc21)C(=O)O. The number of thioether (sulfide) groups is 1. The molecule has 6 rings (SSSR count). The third-order valence-electron chi connectivity index (χ3n) is 9.31. The van der Waals surface area contributed by atoms with E-state index >= 15 is 0 Å². The topological polar surface area (TPSA) is 140 Å². The van der Waals surface area contributed by atoms with Crippen LogP contribution in [0.3, 0.4) is 0 Å². The van der Waals surface area contributed by atoms with Gasteiger partial charge in [0.05, 0.1) is 4.75 Å². The molecule has 0 spiro atoms. The van der Waals surface area contributed by atoms with Gasteiger partial charge in [0.25, 0.3) is 0 Å². The van der Waals surface area contributed by atoms with E-state index in [-0.39, 0.29) is 18.3 Å². The molecule has 0 aromatic heterocycles. The van der Waals surface area contributed by atoms with Gasteiger partial charge >= 0.3 is 24.1 Å². The van der Waals surface area contributed by atoms with E-state index in [1.807, 2.05) is 140 Å². The normalized spacial score (nSPS) is 13.3. The molecule has 0 aliphatic heterocycles. The van der Waals surface area contributed by atoms with Gasteiger partial charge in [-0.05, 0) is 59.7 Å². The van der Waals surface area contributed by atoms with Crippen LogP contribution in [0.2, 0.25) is 0 Å². The molecular formula is C45H44N2O8S. The number of hydrogen-bond acceptors (Lipinski definition) is 8. The van der Waals surface area contributed by atoms with E-state index in [1.54, 1.807) is 20.8 Å². The van der Waals surface area contributed by atoms with Crippen molar-refractivity contribution >= 4 is 35.9 Å². The summed E-state index contributed by atoms with van der Waals surface area (Å²) in [5.41, 5.74) is 6.12. The Balaban J connectivity index is 1.27. The Morgan fingerprint density at radius 1 is 0.625 bits per heavy atom. The van der Waals surface area contributed by atoms with E-state index in [4.69, 9.17) is 14.2 Å². The third kappa shape index (κ3) is 9.23. The van der Waals surface area contributed by atoms with E-state index in [0.29, 0.717) is 0 Å². The Bertz CT molecular complexity index is 2000. The maximum Gasteiger partial charge on any atom is 0.408 e. The molecule has 10 nitrogen and oxygen atoms in total. The van der Waals surface area contributed by atoms with Gasteiger partial charge in [0, 0.05) is 11.7 Å². The van der Waals surface area contributed by atoms with Crippen LogP contribution in [-0.4, -0.2) is 65.9 Å². The highest BCUT2D eigenvalue weighted by atomic mass is 32.2. The second kappa shape index (κ2) is 17.6. The molecule has 0 bridgehead atoms. The number of rotatable bonds is 14. The first-order valence-corrected chi connectivity index (χ1v) is 19.3. The molecule has 2 amide bonds. The smallest absolute Gasteiger partial charge is 0.408 e. The van der Waals surface area contributed by atoms with Crippen molar-refractivity contribution in [2.24, 2.45) is 0 Å². The van der Waals surface area contributed by atoms with Gasteiger partial charge in [-0.2, -0.15) is 0 Å². The maximum atomic E-state index is 14.0. The van der Waals surface area contributed by atoms with Crippen LogP contribution in [0.15, 0.2) is 140 Å². The number of alkyl carbamates (subject to hydrolysis) is 2. The zero-order valence-electron chi connectivity index (χ0n) is 31.3. The fraction of sp³-hybridized carbons (Fsp3) is 0.244. The quantitative estimate of drug-likeness (QED) is 0.0580. The summed E-state index contributed by atoms with van der Waals surface area (Å²) in [6, 6.07) is 42.6. The van der Waals surface area contributed by atoms with Gasteiger partial charge in [0.2, 0.25) is 0 Å². The number of carboxylic acid groups (broad SMARTS) is 1. The Kier molecular flexibility index (Phi) is 12.4. The minimum absolute atomic E-state index is 0.0116. The highest BCUT2D eigenvalue weighted by Crippen LogP contribution is 2.49. The van der Waals surface area contributed by atoms with Crippen LogP contribution in [-0.2, 0) is 28.5 Å². The molecule has 1 aliphatic rings. The maximum absolute atomic E-state index is 14.0. The van der Waals surface area contributed by atoms with Crippen molar-refractivity contribution in [2.75, 3.05) is 19.0 Å². The van der Waals surface area contributed by atoms with Crippen molar-refractivity contribution in [1.29, 1.82) is 0 Å². The molecule has 0 fully saturated rings. The van der Waals surface area contributed by atoms with Crippen LogP contribution in [0.1, 0.15) is 54.5 Å². The van der Waals surface area contributed by atoms with Crippen molar-refractivity contribution in [3.05, 3.63) is 167 Å². The summed E-state index contributed by atoms with van der Waals surface area (Å²) in [7, 11) is 0. The molecule has 2 atom stereocenters. The second-order valence-corrected chi connectivity index (χ2v) is 15.5. The van der Waals surface area contributed by atoms with Crippen molar-refractivity contribution in [3.63, 3.8) is 0 Å². The predicted octanol–water partition coefficient (Wildman–Crippen LogP) is 8.14. The molecule has 0 unspecified atom stereocenters. The first-order chi connectivity index (χ1) is 27.0. The third-order valence-corrected chi connectivity index (χ3v) is 10.9. The Hall–Kier alpha value is -6.07. The summed E-state index contributed by atoms with van der Waals surface area (Å²) in [5.74, 6) is -2.58. The molecule has 0 radical (unpaired) electrons. The van der Waals surface area contributed by atoms with Crippen molar-refractivity contribution in [1.82, 2.24) is 10.6 Å². The fourth-order valence-electron chi connectivity index (χ4n) is 6.82. The largest absolute Gasteiger partial charge is 0.480 e. The first kappa shape index (κ1) is 39.6. The molecule has 5 aromatic carbocycles. The Morgan fingerprint density at radius 3 is 1.54 bits per heavy atom. The van der Waals surface area contributed by atoms with Gasteiger partial charge in [-0.3, -0.25) is 0 Å². The van der Waals surface area contributed by atoms with E-state index < -0.39 is 53.2 Å². The molecule has 0 heterocycles. The number of carboxylic acids is 1. The minimum Gasteiger partial charge on any atom is -0.480 e. The predicted molar refractivity (Wildman–Crippen MR) is 215 cm³/mol. The van der Waals surface area contributed by atoms with Crippen LogP contribution in [0.5, 0.6) is 0 Å². The van der Waals surface area contributed by atoms with Crippen LogP contribution in [0, 0.1) is 0 Å². The van der Waals surface area contributed by atoms with Gasteiger partial charge in [0.1, 0.15) is 24.9 Å². The zero-order chi connectivity index (χ0) is 39.7. The average molecular weight is 773 g/mol. The van der Waals surface area contributed by atoms with E-state index in [2.05, 4.69) is 10.6 Å². The summed E-state index contributed by atoms with van der Waals surface area (Å²) in [6.45, 7) is 4.21. The van der Waals surface area contributed by atoms with Crippen LogP contribution in [0.4, 0.5) is 9.59 Å². The average Bonchev–Trinajstić information content (AvgIpc) is 3.52. The summed E-state index contributed by atoms with van der Waals surface area (Å²) < 4.78 is 15.7. The summed E-state index contributed by atoms with van der Waals surface area (Å²) >= 11 is 1.41. The number of carbonyl (C=O) groups excluding carboxylic acids is 3. The van der Waals surface area contributed by atoms with Crippen LogP contribution in [0.25, 0.3) is 11.1 Å². The molecule has 1 aliphatic carbocycles. The molecule has 288 valence electrons. The Labute approximate surface area is 330 Å². The highest BCUT2D eigenvalue weighted by molar-refractivity contribution is 8.00. The van der Waals surface area contributed by atoms with Gasteiger partial charge < -0.3 is 30.0 Å².